The smallest absolute Gasteiger partial charge is 0.269 e. The Morgan fingerprint density at radius 2 is 1.74 bits per heavy atom. The molecule has 8 heteroatoms. The molecule has 0 aromatic heterocycles. The summed E-state index contributed by atoms with van der Waals surface area (Å²) < 4.78 is 0. The molecule has 0 aliphatic carbocycles. The zero-order valence-corrected chi connectivity index (χ0v) is 13.0. The first kappa shape index (κ1) is 16.4. The van der Waals surface area contributed by atoms with Gasteiger partial charge in [-0.15, -0.1) is 0 Å². The largest absolute Gasteiger partial charge is 0.331 e. The number of nitro benzene ring substituents is 1. The fourth-order valence-electron chi connectivity index (χ4n) is 1.84. The van der Waals surface area contributed by atoms with Gasteiger partial charge in [0.05, 0.1) is 4.92 Å². The molecule has 2 aromatic rings. The molecule has 2 rings (SSSR count). The fraction of sp³-hybridized carbons (Fsp3) is 0.0667. The monoisotopic (exact) mass is 330 g/mol. The first-order chi connectivity index (χ1) is 11.0. The summed E-state index contributed by atoms with van der Waals surface area (Å²) in [6, 6.07) is 12.9. The quantitative estimate of drug-likeness (QED) is 0.455. The third kappa shape index (κ3) is 4.48. The number of hydrazine groups is 1. The van der Waals surface area contributed by atoms with Crippen molar-refractivity contribution in [1.29, 1.82) is 0 Å². The molecule has 118 valence electrons. The second kappa shape index (κ2) is 7.32. The number of rotatable bonds is 3. The molecular weight excluding hydrogens is 316 g/mol. The fourth-order valence-corrected chi connectivity index (χ4v) is 2.01. The number of nitrogens with zero attached hydrogens (tertiary/aromatic N) is 1. The summed E-state index contributed by atoms with van der Waals surface area (Å²) in [6.07, 6.45) is 0. The van der Waals surface area contributed by atoms with Gasteiger partial charge in [0.15, 0.2) is 5.11 Å². The standard InChI is InChI=1S/C15H14N4O3S/c1-10-4-2-3-5-13(10)14(20)17-18-15(23)16-11-6-8-12(9-7-11)19(21)22/h2-9H,1H3,(H,17,20)(H2,16,18,23). The van der Waals surface area contributed by atoms with Crippen molar-refractivity contribution < 1.29 is 9.72 Å². The molecule has 0 saturated carbocycles. The lowest BCUT2D eigenvalue weighted by atomic mass is 10.1. The number of benzene rings is 2. The molecule has 2 aromatic carbocycles. The van der Waals surface area contributed by atoms with Gasteiger partial charge in [-0.3, -0.25) is 25.8 Å². The lowest BCUT2D eigenvalue weighted by Crippen LogP contribution is -2.43. The third-order valence-corrected chi connectivity index (χ3v) is 3.22. The Balaban J connectivity index is 1.89. The first-order valence-electron chi connectivity index (χ1n) is 6.65. The van der Waals surface area contributed by atoms with Crippen LogP contribution in [0.3, 0.4) is 0 Å². The Morgan fingerprint density at radius 1 is 1.09 bits per heavy atom. The Morgan fingerprint density at radius 3 is 2.35 bits per heavy atom. The van der Waals surface area contributed by atoms with E-state index in [2.05, 4.69) is 16.2 Å². The number of anilines is 1. The van der Waals surface area contributed by atoms with E-state index in [9.17, 15) is 14.9 Å². The summed E-state index contributed by atoms with van der Waals surface area (Å²) in [7, 11) is 0. The van der Waals surface area contributed by atoms with E-state index in [0.29, 0.717) is 11.3 Å². The summed E-state index contributed by atoms with van der Waals surface area (Å²) in [6.45, 7) is 1.84. The van der Waals surface area contributed by atoms with Crippen molar-refractivity contribution in [1.82, 2.24) is 10.9 Å². The molecular formula is C15H14N4O3S. The molecule has 1 amide bonds. The van der Waals surface area contributed by atoms with Crippen LogP contribution in [0.25, 0.3) is 0 Å². The van der Waals surface area contributed by atoms with Gasteiger partial charge in [-0.05, 0) is 42.9 Å². The van der Waals surface area contributed by atoms with Crippen LogP contribution < -0.4 is 16.2 Å². The SMILES string of the molecule is Cc1ccccc1C(=O)NNC(=S)Nc1ccc([N+](=O)[O-])cc1. The number of carbonyl (C=O) groups is 1. The van der Waals surface area contributed by atoms with Gasteiger partial charge in [0.25, 0.3) is 11.6 Å². The van der Waals surface area contributed by atoms with Crippen LogP contribution in [0.1, 0.15) is 15.9 Å². The number of hydrogen-bond donors (Lipinski definition) is 3. The van der Waals surface area contributed by atoms with Crippen LogP contribution in [0.5, 0.6) is 0 Å². The average Bonchev–Trinajstić information content (AvgIpc) is 2.53. The van der Waals surface area contributed by atoms with Crippen LogP contribution in [0.15, 0.2) is 48.5 Å². The number of nitro groups is 1. The highest BCUT2D eigenvalue weighted by Gasteiger charge is 2.08. The van der Waals surface area contributed by atoms with E-state index in [1.54, 1.807) is 12.1 Å². The Hall–Kier alpha value is -3.00. The van der Waals surface area contributed by atoms with Gasteiger partial charge in [0.1, 0.15) is 0 Å². The Bertz CT molecular complexity index is 747. The second-order valence-corrected chi connectivity index (χ2v) is 5.06. The molecule has 0 atom stereocenters. The van der Waals surface area contributed by atoms with Gasteiger partial charge in [-0.2, -0.15) is 0 Å². The number of carbonyl (C=O) groups excluding carboxylic acids is 1. The molecule has 23 heavy (non-hydrogen) atoms. The highest BCUT2D eigenvalue weighted by atomic mass is 32.1. The topological polar surface area (TPSA) is 96.3 Å². The first-order valence-corrected chi connectivity index (χ1v) is 7.05. The van der Waals surface area contributed by atoms with Gasteiger partial charge < -0.3 is 5.32 Å². The minimum atomic E-state index is -0.483. The maximum Gasteiger partial charge on any atom is 0.269 e. The molecule has 0 spiro atoms. The molecule has 0 heterocycles. The predicted octanol–water partition coefficient (Wildman–Crippen LogP) is 2.53. The molecule has 7 nitrogen and oxygen atoms in total. The number of aryl methyl sites for hydroxylation is 1. The molecule has 0 unspecified atom stereocenters. The number of thiocarbonyl (C=S) groups is 1. The van der Waals surface area contributed by atoms with Crippen molar-refractivity contribution in [3.8, 4) is 0 Å². The summed E-state index contributed by atoms with van der Waals surface area (Å²) in [5, 5.41) is 13.6. The van der Waals surface area contributed by atoms with Crippen LogP contribution in [-0.4, -0.2) is 15.9 Å². The van der Waals surface area contributed by atoms with Crippen molar-refractivity contribution in [2.45, 2.75) is 6.92 Å². The van der Waals surface area contributed by atoms with Gasteiger partial charge in [0.2, 0.25) is 0 Å². The summed E-state index contributed by atoms with van der Waals surface area (Å²) in [5.41, 5.74) is 7.01. The summed E-state index contributed by atoms with van der Waals surface area (Å²) in [4.78, 5) is 22.1. The highest BCUT2D eigenvalue weighted by Crippen LogP contribution is 2.15. The van der Waals surface area contributed by atoms with E-state index in [4.69, 9.17) is 12.2 Å². The Kier molecular flexibility index (Phi) is 5.21. The number of non-ortho nitro benzene ring substituents is 1. The molecule has 0 radical (unpaired) electrons. The number of hydrogen-bond acceptors (Lipinski definition) is 4. The molecule has 3 N–H and O–H groups in total. The zero-order chi connectivity index (χ0) is 16.8. The van der Waals surface area contributed by atoms with Gasteiger partial charge >= 0.3 is 0 Å². The molecule has 0 bridgehead atoms. The lowest BCUT2D eigenvalue weighted by Gasteiger charge is -2.12. The minimum absolute atomic E-state index is 0.0118. The molecule has 0 saturated heterocycles. The van der Waals surface area contributed by atoms with Crippen molar-refractivity contribution in [3.05, 3.63) is 69.8 Å². The van der Waals surface area contributed by atoms with Gasteiger partial charge in [-0.1, -0.05) is 18.2 Å². The van der Waals surface area contributed by atoms with Crippen molar-refractivity contribution >= 4 is 34.6 Å². The second-order valence-electron chi connectivity index (χ2n) is 4.65. The van der Waals surface area contributed by atoms with Crippen LogP contribution in [-0.2, 0) is 0 Å². The van der Waals surface area contributed by atoms with Gasteiger partial charge in [0, 0.05) is 23.4 Å². The summed E-state index contributed by atoms with van der Waals surface area (Å²) in [5.74, 6) is -0.309. The van der Waals surface area contributed by atoms with E-state index < -0.39 is 4.92 Å². The van der Waals surface area contributed by atoms with E-state index in [1.807, 2.05) is 19.1 Å². The Labute approximate surface area is 137 Å². The van der Waals surface area contributed by atoms with E-state index in [0.717, 1.165) is 5.56 Å². The average molecular weight is 330 g/mol. The van der Waals surface area contributed by atoms with E-state index in [-0.39, 0.29) is 16.7 Å². The van der Waals surface area contributed by atoms with Crippen molar-refractivity contribution in [2.75, 3.05) is 5.32 Å². The van der Waals surface area contributed by atoms with Crippen LogP contribution in [0.2, 0.25) is 0 Å². The van der Waals surface area contributed by atoms with Crippen molar-refractivity contribution in [2.24, 2.45) is 0 Å². The van der Waals surface area contributed by atoms with Crippen LogP contribution >= 0.6 is 12.2 Å². The van der Waals surface area contributed by atoms with Gasteiger partial charge in [-0.25, -0.2) is 0 Å². The summed E-state index contributed by atoms with van der Waals surface area (Å²) >= 11 is 5.05. The predicted molar refractivity (Wildman–Crippen MR) is 91.1 cm³/mol. The lowest BCUT2D eigenvalue weighted by molar-refractivity contribution is -0.384. The number of amides is 1. The normalized spacial score (nSPS) is 9.78. The molecule has 0 aliphatic rings. The third-order valence-electron chi connectivity index (χ3n) is 3.02. The van der Waals surface area contributed by atoms with E-state index in [1.165, 1.54) is 24.3 Å². The highest BCUT2D eigenvalue weighted by molar-refractivity contribution is 7.80. The van der Waals surface area contributed by atoms with E-state index >= 15 is 0 Å². The van der Waals surface area contributed by atoms with Crippen LogP contribution in [0, 0.1) is 17.0 Å². The van der Waals surface area contributed by atoms with Crippen LogP contribution in [0.4, 0.5) is 11.4 Å². The molecule has 0 aliphatic heterocycles. The van der Waals surface area contributed by atoms with Crippen molar-refractivity contribution in [3.63, 3.8) is 0 Å². The molecule has 0 fully saturated rings. The maximum absolute atomic E-state index is 12.0. The zero-order valence-electron chi connectivity index (χ0n) is 12.2. The minimum Gasteiger partial charge on any atom is -0.331 e. The maximum atomic E-state index is 12.0. The number of nitrogens with one attached hydrogen (secondary N) is 3.